The minimum Gasteiger partial charge on any atom is -0.481 e. The van der Waals surface area contributed by atoms with Crippen molar-refractivity contribution in [3.8, 4) is 0 Å². The number of aliphatic carboxylic acids is 1. The third-order valence-corrected chi connectivity index (χ3v) is 6.53. The normalized spacial score (nSPS) is 34.1. The molecule has 0 aliphatic heterocycles. The molecule has 0 saturated heterocycles. The van der Waals surface area contributed by atoms with Crippen molar-refractivity contribution in [3.05, 3.63) is 34.9 Å². The lowest BCUT2D eigenvalue weighted by Gasteiger charge is -2.53. The molecule has 2 aliphatic carbocycles. The highest BCUT2D eigenvalue weighted by Gasteiger charge is 2.55. The van der Waals surface area contributed by atoms with Gasteiger partial charge < -0.3 is 5.11 Å². The summed E-state index contributed by atoms with van der Waals surface area (Å²) in [7, 11) is 0. The van der Waals surface area contributed by atoms with E-state index in [9.17, 15) is 9.90 Å². The topological polar surface area (TPSA) is 37.3 Å². The molecule has 3 rings (SSSR count). The Kier molecular flexibility index (Phi) is 3.62. The quantitative estimate of drug-likeness (QED) is 0.843. The van der Waals surface area contributed by atoms with Gasteiger partial charge in [0.1, 0.15) is 0 Å². The van der Waals surface area contributed by atoms with Crippen molar-refractivity contribution in [2.45, 2.75) is 71.1 Å². The van der Waals surface area contributed by atoms with Gasteiger partial charge in [-0.05, 0) is 66.5 Å². The zero-order valence-electron chi connectivity index (χ0n) is 14.3. The lowest BCUT2D eigenvalue weighted by Crippen LogP contribution is -2.52. The van der Waals surface area contributed by atoms with E-state index in [0.717, 1.165) is 32.1 Å². The summed E-state index contributed by atoms with van der Waals surface area (Å²) in [6, 6.07) is 6.92. The van der Waals surface area contributed by atoms with Crippen molar-refractivity contribution in [3.63, 3.8) is 0 Å². The molecule has 0 spiro atoms. The SMILES string of the molecule is CC(C)c1ccc2c(c1)CCC1C(C)(C(=O)O)CCC[C@]21C. The summed E-state index contributed by atoms with van der Waals surface area (Å²) in [5.74, 6) is 0.195. The second-order valence-electron chi connectivity index (χ2n) is 8.16. The highest BCUT2D eigenvalue weighted by molar-refractivity contribution is 5.75. The molecule has 3 atom stereocenters. The van der Waals surface area contributed by atoms with Crippen molar-refractivity contribution in [2.75, 3.05) is 0 Å². The fourth-order valence-electron chi connectivity index (χ4n) is 5.13. The van der Waals surface area contributed by atoms with Crippen LogP contribution in [0.3, 0.4) is 0 Å². The lowest BCUT2D eigenvalue weighted by molar-refractivity contribution is -0.157. The van der Waals surface area contributed by atoms with E-state index in [1.54, 1.807) is 0 Å². The van der Waals surface area contributed by atoms with Crippen LogP contribution in [-0.2, 0) is 16.6 Å². The van der Waals surface area contributed by atoms with Crippen molar-refractivity contribution in [1.29, 1.82) is 0 Å². The molecule has 0 aromatic heterocycles. The average molecular weight is 300 g/mol. The predicted octanol–water partition coefficient (Wildman–Crippen LogP) is 4.90. The van der Waals surface area contributed by atoms with Crippen LogP contribution < -0.4 is 0 Å². The minimum atomic E-state index is -0.606. The van der Waals surface area contributed by atoms with Gasteiger partial charge in [0.2, 0.25) is 0 Å². The smallest absolute Gasteiger partial charge is 0.309 e. The van der Waals surface area contributed by atoms with Gasteiger partial charge in [-0.25, -0.2) is 0 Å². The van der Waals surface area contributed by atoms with Crippen molar-refractivity contribution in [1.82, 2.24) is 0 Å². The summed E-state index contributed by atoms with van der Waals surface area (Å²) in [5.41, 5.74) is 3.73. The Morgan fingerprint density at radius 1 is 1.27 bits per heavy atom. The summed E-state index contributed by atoms with van der Waals surface area (Å²) in [5, 5.41) is 9.82. The first kappa shape index (κ1) is 15.6. The Morgan fingerprint density at radius 2 is 2.00 bits per heavy atom. The van der Waals surface area contributed by atoms with Crippen LogP contribution in [0.25, 0.3) is 0 Å². The van der Waals surface area contributed by atoms with E-state index in [1.807, 2.05) is 6.92 Å². The third-order valence-electron chi connectivity index (χ3n) is 6.53. The zero-order valence-corrected chi connectivity index (χ0v) is 14.3. The summed E-state index contributed by atoms with van der Waals surface area (Å²) in [6.45, 7) is 8.75. The highest BCUT2D eigenvalue weighted by atomic mass is 16.4. The number of carbonyl (C=O) groups is 1. The number of hydrogen-bond acceptors (Lipinski definition) is 1. The van der Waals surface area contributed by atoms with Gasteiger partial charge in [0.05, 0.1) is 5.41 Å². The number of benzene rings is 1. The van der Waals surface area contributed by atoms with Gasteiger partial charge in [-0.1, -0.05) is 45.4 Å². The number of rotatable bonds is 2. The molecule has 2 nitrogen and oxygen atoms in total. The van der Waals surface area contributed by atoms with Crippen LogP contribution in [0.2, 0.25) is 0 Å². The maximum atomic E-state index is 11.9. The fraction of sp³-hybridized carbons (Fsp3) is 0.650. The molecule has 22 heavy (non-hydrogen) atoms. The Morgan fingerprint density at radius 3 is 2.64 bits per heavy atom. The molecule has 1 fully saturated rings. The number of carboxylic acids is 1. The maximum Gasteiger partial charge on any atom is 0.309 e. The van der Waals surface area contributed by atoms with Crippen molar-refractivity contribution in [2.24, 2.45) is 11.3 Å². The first-order valence-electron chi connectivity index (χ1n) is 8.66. The zero-order chi connectivity index (χ0) is 16.1. The number of fused-ring (bicyclic) bond motifs is 3. The van der Waals surface area contributed by atoms with E-state index in [0.29, 0.717) is 5.92 Å². The molecule has 2 heteroatoms. The molecule has 120 valence electrons. The van der Waals surface area contributed by atoms with E-state index in [-0.39, 0.29) is 11.3 Å². The Balaban J connectivity index is 2.08. The van der Waals surface area contributed by atoms with E-state index < -0.39 is 11.4 Å². The molecule has 2 unspecified atom stereocenters. The molecular weight excluding hydrogens is 272 g/mol. The molecule has 1 N–H and O–H groups in total. The molecule has 0 amide bonds. The van der Waals surface area contributed by atoms with Crippen LogP contribution >= 0.6 is 0 Å². The standard InChI is InChI=1S/C20H28O2/c1-13(2)14-6-8-16-15(12-14)7-9-17-19(16,3)10-5-11-20(17,4)18(21)22/h6,8,12-13,17H,5,7,9-11H2,1-4H3,(H,21,22)/t17?,19-,20?/m1/s1. The number of hydrogen-bond donors (Lipinski definition) is 1. The van der Waals surface area contributed by atoms with E-state index in [1.165, 1.54) is 16.7 Å². The van der Waals surface area contributed by atoms with Gasteiger partial charge in [0.15, 0.2) is 0 Å². The molecule has 0 bridgehead atoms. The van der Waals surface area contributed by atoms with Gasteiger partial charge >= 0.3 is 5.97 Å². The number of carboxylic acid groups (broad SMARTS) is 1. The molecular formula is C20H28O2. The summed E-state index contributed by atoms with van der Waals surface area (Å²) >= 11 is 0. The van der Waals surface area contributed by atoms with Gasteiger partial charge in [-0.15, -0.1) is 0 Å². The van der Waals surface area contributed by atoms with Crippen molar-refractivity contribution >= 4 is 5.97 Å². The van der Waals surface area contributed by atoms with Gasteiger partial charge in [0, 0.05) is 0 Å². The average Bonchev–Trinajstić information content (AvgIpc) is 2.46. The monoisotopic (exact) mass is 300 g/mol. The van der Waals surface area contributed by atoms with E-state index >= 15 is 0 Å². The van der Waals surface area contributed by atoms with Crippen LogP contribution in [-0.4, -0.2) is 11.1 Å². The van der Waals surface area contributed by atoms with Gasteiger partial charge in [-0.3, -0.25) is 4.79 Å². The Labute approximate surface area is 133 Å². The first-order valence-corrected chi connectivity index (χ1v) is 8.66. The molecule has 0 heterocycles. The second-order valence-corrected chi connectivity index (χ2v) is 8.16. The molecule has 0 radical (unpaired) electrons. The van der Waals surface area contributed by atoms with Gasteiger partial charge in [-0.2, -0.15) is 0 Å². The van der Waals surface area contributed by atoms with E-state index in [2.05, 4.69) is 39.0 Å². The Hall–Kier alpha value is -1.31. The van der Waals surface area contributed by atoms with Crippen LogP contribution in [0.1, 0.15) is 76.0 Å². The summed E-state index contributed by atoms with van der Waals surface area (Å²) in [6.07, 6.45) is 4.99. The van der Waals surface area contributed by atoms with Crippen molar-refractivity contribution < 1.29 is 9.90 Å². The van der Waals surface area contributed by atoms with Crippen LogP contribution in [0.4, 0.5) is 0 Å². The lowest BCUT2D eigenvalue weighted by atomic mass is 9.50. The third kappa shape index (κ3) is 2.11. The van der Waals surface area contributed by atoms with Crippen LogP contribution in [0.15, 0.2) is 18.2 Å². The first-order chi connectivity index (χ1) is 10.3. The number of aryl methyl sites for hydroxylation is 1. The molecule has 1 saturated carbocycles. The molecule has 2 aliphatic rings. The van der Waals surface area contributed by atoms with E-state index in [4.69, 9.17) is 0 Å². The molecule has 1 aromatic carbocycles. The summed E-state index contributed by atoms with van der Waals surface area (Å²) < 4.78 is 0. The maximum absolute atomic E-state index is 11.9. The largest absolute Gasteiger partial charge is 0.481 e. The molecule has 1 aromatic rings. The van der Waals surface area contributed by atoms with Gasteiger partial charge in [0.25, 0.3) is 0 Å². The van der Waals surface area contributed by atoms with Crippen LogP contribution in [0, 0.1) is 11.3 Å². The summed E-state index contributed by atoms with van der Waals surface area (Å²) in [4.78, 5) is 11.9. The highest BCUT2D eigenvalue weighted by Crippen LogP contribution is 2.57. The fourth-order valence-corrected chi connectivity index (χ4v) is 5.13. The second kappa shape index (κ2) is 5.11. The Bertz CT molecular complexity index is 604. The van der Waals surface area contributed by atoms with Crippen LogP contribution in [0.5, 0.6) is 0 Å². The predicted molar refractivity (Wildman–Crippen MR) is 89.3 cm³/mol. The minimum absolute atomic E-state index is 0.0223.